The Labute approximate surface area is 118 Å². The maximum Gasteiger partial charge on any atom is 0.341 e. The maximum atomic E-state index is 11.7. The van der Waals surface area contributed by atoms with Crippen molar-refractivity contribution in [2.24, 2.45) is 5.73 Å². The molecule has 0 aromatic heterocycles. The summed E-state index contributed by atoms with van der Waals surface area (Å²) in [5.74, 6) is -0.808. The first-order valence-electron chi connectivity index (χ1n) is 7.33. The van der Waals surface area contributed by atoms with Crippen molar-refractivity contribution in [1.29, 1.82) is 0 Å². The fourth-order valence-electron chi connectivity index (χ4n) is 2.33. The van der Waals surface area contributed by atoms with Crippen molar-refractivity contribution < 1.29 is 19.3 Å². The van der Waals surface area contributed by atoms with Gasteiger partial charge >= 0.3 is 11.9 Å². The predicted molar refractivity (Wildman–Crippen MR) is 71.0 cm³/mol. The van der Waals surface area contributed by atoms with E-state index in [1.807, 2.05) is 0 Å². The molecule has 0 spiro atoms. The molecule has 0 radical (unpaired) electrons. The lowest BCUT2D eigenvalue weighted by Gasteiger charge is -2.18. The molecule has 0 unspecified atom stereocenters. The Morgan fingerprint density at radius 2 is 1.45 bits per heavy atom. The number of carbonyl (C=O) groups is 2. The Morgan fingerprint density at radius 1 is 0.950 bits per heavy atom. The Morgan fingerprint density at radius 3 is 2.00 bits per heavy atom. The van der Waals surface area contributed by atoms with E-state index in [9.17, 15) is 9.59 Å². The van der Waals surface area contributed by atoms with Crippen LogP contribution in [0.4, 0.5) is 0 Å². The van der Waals surface area contributed by atoms with E-state index in [4.69, 9.17) is 15.4 Å². The zero-order valence-electron chi connectivity index (χ0n) is 11.8. The molecular formula is C13H23N3O4. The van der Waals surface area contributed by atoms with Gasteiger partial charge in [0.05, 0.1) is 0 Å². The second-order valence-electron chi connectivity index (χ2n) is 5.29. The summed E-state index contributed by atoms with van der Waals surface area (Å²) in [6, 6.07) is -0.776. The first-order chi connectivity index (χ1) is 9.65. The van der Waals surface area contributed by atoms with E-state index >= 15 is 0 Å². The van der Waals surface area contributed by atoms with Crippen molar-refractivity contribution in [2.45, 2.75) is 44.6 Å². The lowest BCUT2D eigenvalue weighted by atomic mass is 10.2. The molecule has 0 bridgehead atoms. The van der Waals surface area contributed by atoms with Crippen LogP contribution < -0.4 is 5.73 Å². The van der Waals surface area contributed by atoms with Gasteiger partial charge in [0.2, 0.25) is 0 Å². The molecule has 114 valence electrons. The predicted octanol–water partition coefficient (Wildman–Crippen LogP) is 0.202. The zero-order chi connectivity index (χ0) is 14.4. The van der Waals surface area contributed by atoms with Crippen molar-refractivity contribution >= 4 is 11.9 Å². The maximum absolute atomic E-state index is 11.7. The van der Waals surface area contributed by atoms with Gasteiger partial charge in [-0.15, -0.1) is 10.1 Å². The fraction of sp³-hybridized carbons (Fsp3) is 0.846. The molecule has 2 fully saturated rings. The highest BCUT2D eigenvalue weighted by atomic mass is 16.7. The zero-order valence-corrected chi connectivity index (χ0v) is 11.8. The van der Waals surface area contributed by atoms with Crippen LogP contribution in [0.25, 0.3) is 0 Å². The van der Waals surface area contributed by atoms with Gasteiger partial charge < -0.3 is 15.4 Å². The highest BCUT2D eigenvalue weighted by Gasteiger charge is 2.23. The summed E-state index contributed by atoms with van der Waals surface area (Å²) in [6.07, 6.45) is 4.55. The van der Waals surface area contributed by atoms with Gasteiger partial charge in [-0.25, -0.2) is 4.79 Å². The van der Waals surface area contributed by atoms with Crippen LogP contribution in [-0.2, 0) is 19.3 Å². The molecule has 0 aromatic carbocycles. The SMILES string of the molecule is N[C@@H](CCC(=O)ON1CCCC1)C(=O)ON1CCCC1. The third kappa shape index (κ3) is 4.73. The lowest BCUT2D eigenvalue weighted by molar-refractivity contribution is -0.188. The molecule has 20 heavy (non-hydrogen) atoms. The fourth-order valence-corrected chi connectivity index (χ4v) is 2.33. The smallest absolute Gasteiger partial charge is 0.341 e. The summed E-state index contributed by atoms with van der Waals surface area (Å²) in [5.41, 5.74) is 5.73. The molecule has 0 amide bonds. The van der Waals surface area contributed by atoms with Crippen molar-refractivity contribution in [3.63, 3.8) is 0 Å². The monoisotopic (exact) mass is 285 g/mol. The first-order valence-corrected chi connectivity index (χ1v) is 7.33. The van der Waals surface area contributed by atoms with Crippen molar-refractivity contribution in [1.82, 2.24) is 10.1 Å². The number of hydroxylamine groups is 4. The molecule has 7 heteroatoms. The average molecular weight is 285 g/mol. The van der Waals surface area contributed by atoms with Crippen molar-refractivity contribution in [3.05, 3.63) is 0 Å². The lowest BCUT2D eigenvalue weighted by Crippen LogP contribution is -2.37. The molecule has 7 nitrogen and oxygen atoms in total. The van der Waals surface area contributed by atoms with Gasteiger partial charge in [-0.3, -0.25) is 4.79 Å². The van der Waals surface area contributed by atoms with Crippen molar-refractivity contribution in [3.8, 4) is 0 Å². The highest BCUT2D eigenvalue weighted by Crippen LogP contribution is 2.11. The molecule has 0 saturated carbocycles. The third-order valence-electron chi connectivity index (χ3n) is 3.54. The van der Waals surface area contributed by atoms with E-state index < -0.39 is 12.0 Å². The van der Waals surface area contributed by atoms with E-state index in [-0.39, 0.29) is 18.8 Å². The second-order valence-corrected chi connectivity index (χ2v) is 5.29. The molecule has 0 aromatic rings. The summed E-state index contributed by atoms with van der Waals surface area (Å²) in [4.78, 5) is 33.6. The van der Waals surface area contributed by atoms with E-state index in [1.54, 1.807) is 10.1 Å². The number of carbonyl (C=O) groups excluding carboxylic acids is 2. The topological polar surface area (TPSA) is 85.1 Å². The summed E-state index contributed by atoms with van der Waals surface area (Å²) < 4.78 is 0. The van der Waals surface area contributed by atoms with Crippen LogP contribution in [-0.4, -0.2) is 54.3 Å². The Bertz CT molecular complexity index is 339. The van der Waals surface area contributed by atoms with E-state index in [2.05, 4.69) is 0 Å². The van der Waals surface area contributed by atoms with Crippen molar-refractivity contribution in [2.75, 3.05) is 26.2 Å². The van der Waals surface area contributed by atoms with Gasteiger partial charge in [-0.05, 0) is 32.1 Å². The largest absolute Gasteiger partial charge is 0.368 e. The number of rotatable bonds is 6. The molecule has 0 aliphatic carbocycles. The van der Waals surface area contributed by atoms with Crippen LogP contribution in [0.3, 0.4) is 0 Å². The molecule has 2 heterocycles. The summed E-state index contributed by atoms with van der Waals surface area (Å²) in [5, 5.41) is 3.29. The van der Waals surface area contributed by atoms with E-state index in [0.29, 0.717) is 0 Å². The van der Waals surface area contributed by atoms with Gasteiger partial charge in [0, 0.05) is 32.6 Å². The van der Waals surface area contributed by atoms with Crippen LogP contribution in [0.2, 0.25) is 0 Å². The minimum Gasteiger partial charge on any atom is -0.368 e. The van der Waals surface area contributed by atoms with Crippen LogP contribution in [0.5, 0.6) is 0 Å². The second kappa shape index (κ2) is 7.56. The molecule has 2 aliphatic rings. The summed E-state index contributed by atoms with van der Waals surface area (Å²) in [6.45, 7) is 3.09. The minimum atomic E-state index is -0.776. The number of hydrogen-bond acceptors (Lipinski definition) is 7. The van der Waals surface area contributed by atoms with Gasteiger partial charge in [0.1, 0.15) is 6.04 Å². The van der Waals surface area contributed by atoms with E-state index in [1.165, 1.54) is 0 Å². The number of nitrogens with two attached hydrogens (primary N) is 1. The molecule has 2 saturated heterocycles. The van der Waals surface area contributed by atoms with Crippen LogP contribution in [0.1, 0.15) is 38.5 Å². The third-order valence-corrected chi connectivity index (χ3v) is 3.54. The van der Waals surface area contributed by atoms with Gasteiger partial charge in [-0.2, -0.15) is 0 Å². The van der Waals surface area contributed by atoms with E-state index in [0.717, 1.165) is 51.9 Å². The highest BCUT2D eigenvalue weighted by molar-refractivity contribution is 5.76. The first kappa shape index (κ1) is 15.2. The van der Waals surface area contributed by atoms with Gasteiger partial charge in [0.25, 0.3) is 0 Å². The van der Waals surface area contributed by atoms with Gasteiger partial charge in [-0.1, -0.05) is 0 Å². The molecule has 1 atom stereocenters. The Kier molecular flexibility index (Phi) is 5.75. The quantitative estimate of drug-likeness (QED) is 0.746. The standard InChI is InChI=1S/C13H23N3O4/c14-11(13(18)20-16-9-3-4-10-16)5-6-12(17)19-15-7-1-2-8-15/h11H,1-10,14H2/t11-/m0/s1. The Hall–Kier alpha value is -1.18. The van der Waals surface area contributed by atoms with Crippen LogP contribution in [0, 0.1) is 0 Å². The molecule has 2 aliphatic heterocycles. The average Bonchev–Trinajstić information content (AvgIpc) is 3.09. The number of hydrogen-bond donors (Lipinski definition) is 1. The summed E-state index contributed by atoms with van der Waals surface area (Å²) in [7, 11) is 0. The van der Waals surface area contributed by atoms with Crippen LogP contribution in [0.15, 0.2) is 0 Å². The minimum absolute atomic E-state index is 0.132. The molecular weight excluding hydrogens is 262 g/mol. The molecule has 2 rings (SSSR count). The van der Waals surface area contributed by atoms with Crippen LogP contribution >= 0.6 is 0 Å². The molecule has 2 N–H and O–H groups in total. The summed E-state index contributed by atoms with van der Waals surface area (Å²) >= 11 is 0. The number of nitrogens with zero attached hydrogens (tertiary/aromatic N) is 2. The Balaban J connectivity index is 1.61. The normalized spacial score (nSPS) is 21.9. The van der Waals surface area contributed by atoms with Gasteiger partial charge in [0.15, 0.2) is 0 Å².